The van der Waals surface area contributed by atoms with Crippen molar-refractivity contribution >= 4 is 5.91 Å². The summed E-state index contributed by atoms with van der Waals surface area (Å²) in [6, 6.07) is 5.69. The predicted molar refractivity (Wildman–Crippen MR) is 63.5 cm³/mol. The first-order chi connectivity index (χ1) is 7.69. The van der Waals surface area contributed by atoms with Gasteiger partial charge in [-0.2, -0.15) is 0 Å². The van der Waals surface area contributed by atoms with Gasteiger partial charge in [-0.25, -0.2) is 0 Å². The number of aromatic nitrogens is 1. The van der Waals surface area contributed by atoms with E-state index < -0.39 is 0 Å². The van der Waals surface area contributed by atoms with Crippen LogP contribution in [0.15, 0.2) is 24.4 Å². The van der Waals surface area contributed by atoms with E-state index in [4.69, 9.17) is 5.73 Å². The number of nitrogens with zero attached hydrogens (tertiary/aromatic N) is 2. The van der Waals surface area contributed by atoms with Crippen LogP contribution in [0.1, 0.15) is 19.0 Å². The van der Waals surface area contributed by atoms with Crippen molar-refractivity contribution in [3.8, 4) is 0 Å². The van der Waals surface area contributed by atoms with Crippen LogP contribution in [0.25, 0.3) is 0 Å². The average molecular weight is 221 g/mol. The Hall–Kier alpha value is -1.42. The minimum absolute atomic E-state index is 0.0753. The number of nitrogens with two attached hydrogens (primary N) is 1. The van der Waals surface area contributed by atoms with Crippen molar-refractivity contribution in [2.75, 3.05) is 13.6 Å². The Morgan fingerprint density at radius 3 is 2.81 bits per heavy atom. The van der Waals surface area contributed by atoms with Gasteiger partial charge in [0.25, 0.3) is 0 Å². The highest BCUT2D eigenvalue weighted by Crippen LogP contribution is 2.07. The van der Waals surface area contributed by atoms with Crippen LogP contribution in [0.3, 0.4) is 0 Å². The number of hydrogen-bond acceptors (Lipinski definition) is 3. The molecule has 0 aliphatic carbocycles. The molecule has 0 fully saturated rings. The van der Waals surface area contributed by atoms with Gasteiger partial charge in [-0.3, -0.25) is 9.78 Å². The smallest absolute Gasteiger partial charge is 0.227 e. The third-order valence-corrected chi connectivity index (χ3v) is 2.63. The van der Waals surface area contributed by atoms with Gasteiger partial charge in [0.15, 0.2) is 0 Å². The summed E-state index contributed by atoms with van der Waals surface area (Å²) in [4.78, 5) is 17.8. The fourth-order valence-corrected chi connectivity index (χ4v) is 1.57. The molecule has 1 aromatic heterocycles. The number of amides is 1. The summed E-state index contributed by atoms with van der Waals surface area (Å²) in [7, 11) is 1.79. The van der Waals surface area contributed by atoms with Crippen LogP contribution in [-0.2, 0) is 11.3 Å². The van der Waals surface area contributed by atoms with Crippen molar-refractivity contribution in [3.63, 3.8) is 0 Å². The Balaban J connectivity index is 2.58. The molecule has 0 spiro atoms. The predicted octanol–water partition coefficient (Wildman–Crippen LogP) is 1.02. The lowest BCUT2D eigenvalue weighted by Gasteiger charge is -2.21. The minimum atomic E-state index is -0.0753. The number of hydrogen-bond donors (Lipinski definition) is 1. The minimum Gasteiger partial charge on any atom is -0.340 e. The van der Waals surface area contributed by atoms with Gasteiger partial charge in [-0.05, 0) is 18.6 Å². The molecule has 0 bridgehead atoms. The van der Waals surface area contributed by atoms with Crippen molar-refractivity contribution in [1.82, 2.24) is 9.88 Å². The molecule has 1 rings (SSSR count). The van der Waals surface area contributed by atoms with E-state index in [0.29, 0.717) is 13.1 Å². The molecule has 1 aromatic rings. The molecule has 0 aromatic carbocycles. The summed E-state index contributed by atoms with van der Waals surface area (Å²) >= 11 is 0. The van der Waals surface area contributed by atoms with Gasteiger partial charge in [0, 0.05) is 19.8 Å². The largest absolute Gasteiger partial charge is 0.340 e. The van der Waals surface area contributed by atoms with E-state index >= 15 is 0 Å². The molecule has 0 saturated heterocycles. The van der Waals surface area contributed by atoms with Gasteiger partial charge in [-0.1, -0.05) is 13.0 Å². The summed E-state index contributed by atoms with van der Waals surface area (Å²) in [5.74, 6) is 0.0179. The summed E-state index contributed by atoms with van der Waals surface area (Å²) in [5, 5.41) is 0. The molecule has 1 atom stereocenters. The fourth-order valence-electron chi connectivity index (χ4n) is 1.57. The van der Waals surface area contributed by atoms with Crippen LogP contribution in [0.5, 0.6) is 0 Å². The van der Waals surface area contributed by atoms with Crippen LogP contribution in [0.2, 0.25) is 0 Å². The van der Waals surface area contributed by atoms with Gasteiger partial charge < -0.3 is 10.6 Å². The number of rotatable bonds is 5. The lowest BCUT2D eigenvalue weighted by molar-refractivity contribution is -0.134. The lowest BCUT2D eigenvalue weighted by atomic mass is 10.1. The third-order valence-electron chi connectivity index (χ3n) is 2.63. The fraction of sp³-hybridized carbons (Fsp3) is 0.500. The van der Waals surface area contributed by atoms with E-state index in [-0.39, 0.29) is 11.8 Å². The van der Waals surface area contributed by atoms with Crippen LogP contribution >= 0.6 is 0 Å². The summed E-state index contributed by atoms with van der Waals surface area (Å²) in [6.07, 6.45) is 2.51. The van der Waals surface area contributed by atoms with E-state index in [0.717, 1.165) is 12.1 Å². The first kappa shape index (κ1) is 12.6. The Kier molecular flexibility index (Phi) is 4.92. The van der Waals surface area contributed by atoms with Gasteiger partial charge in [0.05, 0.1) is 18.2 Å². The standard InChI is InChI=1S/C12H19N3O/c1-3-10(8-13)12(16)15(2)9-11-6-4-5-7-14-11/h4-7,10H,3,8-9,13H2,1-2H3. The molecule has 0 aliphatic heterocycles. The molecule has 0 radical (unpaired) electrons. The SMILES string of the molecule is CCC(CN)C(=O)N(C)Cc1ccccn1. The first-order valence-corrected chi connectivity index (χ1v) is 5.54. The molecule has 1 heterocycles. The maximum Gasteiger partial charge on any atom is 0.227 e. The quantitative estimate of drug-likeness (QED) is 0.807. The lowest BCUT2D eigenvalue weighted by Crippen LogP contribution is -2.36. The van der Waals surface area contributed by atoms with E-state index in [1.165, 1.54) is 0 Å². The normalized spacial score (nSPS) is 12.2. The van der Waals surface area contributed by atoms with Crippen LogP contribution < -0.4 is 5.73 Å². The van der Waals surface area contributed by atoms with Crippen LogP contribution in [-0.4, -0.2) is 29.4 Å². The number of pyridine rings is 1. The van der Waals surface area contributed by atoms with Gasteiger partial charge in [-0.15, -0.1) is 0 Å². The van der Waals surface area contributed by atoms with Gasteiger partial charge >= 0.3 is 0 Å². The van der Waals surface area contributed by atoms with Crippen LogP contribution in [0, 0.1) is 5.92 Å². The molecule has 4 heteroatoms. The van der Waals surface area contributed by atoms with Crippen LogP contribution in [0.4, 0.5) is 0 Å². The Bertz CT molecular complexity index is 322. The molecular formula is C12H19N3O. The van der Waals surface area contributed by atoms with Crippen molar-refractivity contribution in [2.24, 2.45) is 11.7 Å². The summed E-state index contributed by atoms with van der Waals surface area (Å²) in [5.41, 5.74) is 6.45. The molecular weight excluding hydrogens is 202 g/mol. The molecule has 4 nitrogen and oxygen atoms in total. The zero-order chi connectivity index (χ0) is 12.0. The molecule has 2 N–H and O–H groups in total. The van der Waals surface area contributed by atoms with Crippen molar-refractivity contribution < 1.29 is 4.79 Å². The second-order valence-corrected chi connectivity index (χ2v) is 3.86. The summed E-state index contributed by atoms with van der Waals surface area (Å²) < 4.78 is 0. The number of carbonyl (C=O) groups excluding carboxylic acids is 1. The van der Waals surface area contributed by atoms with Gasteiger partial charge in [0.1, 0.15) is 0 Å². The highest BCUT2D eigenvalue weighted by molar-refractivity contribution is 5.78. The van der Waals surface area contributed by atoms with E-state index in [2.05, 4.69) is 4.98 Å². The second-order valence-electron chi connectivity index (χ2n) is 3.86. The maximum atomic E-state index is 11.9. The Morgan fingerprint density at radius 1 is 1.56 bits per heavy atom. The summed E-state index contributed by atoms with van der Waals surface area (Å²) in [6.45, 7) is 2.92. The zero-order valence-corrected chi connectivity index (χ0v) is 9.89. The highest BCUT2D eigenvalue weighted by atomic mass is 16.2. The highest BCUT2D eigenvalue weighted by Gasteiger charge is 2.18. The molecule has 16 heavy (non-hydrogen) atoms. The molecule has 0 saturated carbocycles. The average Bonchev–Trinajstić information content (AvgIpc) is 2.31. The van der Waals surface area contributed by atoms with Crippen molar-refractivity contribution in [2.45, 2.75) is 19.9 Å². The third kappa shape index (κ3) is 3.31. The van der Waals surface area contributed by atoms with Crippen molar-refractivity contribution in [3.05, 3.63) is 30.1 Å². The first-order valence-electron chi connectivity index (χ1n) is 5.54. The molecule has 1 amide bonds. The maximum absolute atomic E-state index is 11.9. The van der Waals surface area contributed by atoms with E-state index in [1.807, 2.05) is 25.1 Å². The van der Waals surface area contributed by atoms with Gasteiger partial charge in [0.2, 0.25) is 5.91 Å². The van der Waals surface area contributed by atoms with E-state index in [1.54, 1.807) is 18.1 Å². The van der Waals surface area contributed by atoms with Crippen molar-refractivity contribution in [1.29, 1.82) is 0 Å². The molecule has 1 unspecified atom stereocenters. The monoisotopic (exact) mass is 221 g/mol. The molecule has 0 aliphatic rings. The Labute approximate surface area is 96.5 Å². The molecule has 88 valence electrons. The number of carbonyl (C=O) groups is 1. The Morgan fingerprint density at radius 2 is 2.31 bits per heavy atom. The topological polar surface area (TPSA) is 59.2 Å². The zero-order valence-electron chi connectivity index (χ0n) is 9.89. The van der Waals surface area contributed by atoms with E-state index in [9.17, 15) is 4.79 Å². The second kappa shape index (κ2) is 6.23.